The van der Waals surface area contributed by atoms with Crippen LogP contribution < -0.4 is 10.5 Å². The Morgan fingerprint density at radius 3 is 2.78 bits per heavy atom. The van der Waals surface area contributed by atoms with Crippen LogP contribution in [0, 0.1) is 11.7 Å². The SMILES string of the molecule is Cn1c(SCCCN2CC3CCN(c4ccc(F)cc4)C3C2)nnc1-c1ccc(=O)[nH]c1. The smallest absolute Gasteiger partial charge is 0.247 e. The van der Waals surface area contributed by atoms with E-state index in [1.54, 1.807) is 36.2 Å². The van der Waals surface area contributed by atoms with Gasteiger partial charge in [0.2, 0.25) is 5.56 Å². The predicted molar refractivity (Wildman–Crippen MR) is 124 cm³/mol. The number of nitrogens with one attached hydrogen (secondary N) is 1. The van der Waals surface area contributed by atoms with E-state index in [9.17, 15) is 9.18 Å². The van der Waals surface area contributed by atoms with E-state index in [1.807, 2.05) is 23.7 Å². The maximum absolute atomic E-state index is 13.3. The normalized spacial score (nSPS) is 20.8. The lowest BCUT2D eigenvalue weighted by Crippen LogP contribution is -2.35. The van der Waals surface area contributed by atoms with E-state index in [2.05, 4.69) is 25.0 Å². The predicted octanol–water partition coefficient (Wildman–Crippen LogP) is 3.00. The van der Waals surface area contributed by atoms with E-state index in [-0.39, 0.29) is 11.4 Å². The molecular formula is C23H27FN6OS. The first-order valence-electron chi connectivity index (χ1n) is 11.0. The van der Waals surface area contributed by atoms with E-state index in [1.165, 1.54) is 12.5 Å². The first kappa shape index (κ1) is 21.2. The number of halogens is 1. The topological polar surface area (TPSA) is 70.0 Å². The Hall–Kier alpha value is -2.65. The number of aromatic amines is 1. The van der Waals surface area contributed by atoms with Crippen molar-refractivity contribution in [2.24, 2.45) is 13.0 Å². The summed E-state index contributed by atoms with van der Waals surface area (Å²) in [5, 5.41) is 9.48. The van der Waals surface area contributed by atoms with Gasteiger partial charge in [-0.2, -0.15) is 0 Å². The van der Waals surface area contributed by atoms with Gasteiger partial charge in [-0.1, -0.05) is 11.8 Å². The zero-order chi connectivity index (χ0) is 22.1. The molecule has 0 aliphatic carbocycles. The molecule has 2 unspecified atom stereocenters. The molecule has 0 radical (unpaired) electrons. The fourth-order valence-corrected chi connectivity index (χ4v) is 5.71. The fourth-order valence-electron chi connectivity index (χ4n) is 4.88. The van der Waals surface area contributed by atoms with Crippen molar-refractivity contribution < 1.29 is 4.39 Å². The van der Waals surface area contributed by atoms with Crippen LogP contribution in [0.2, 0.25) is 0 Å². The third-order valence-corrected chi connectivity index (χ3v) is 7.62. The van der Waals surface area contributed by atoms with Gasteiger partial charge in [-0.25, -0.2) is 4.39 Å². The molecule has 9 heteroatoms. The Morgan fingerprint density at radius 2 is 2.00 bits per heavy atom. The second-order valence-electron chi connectivity index (χ2n) is 8.55. The van der Waals surface area contributed by atoms with Gasteiger partial charge in [-0.3, -0.25) is 4.79 Å². The van der Waals surface area contributed by atoms with E-state index < -0.39 is 0 Å². The molecule has 1 aromatic carbocycles. The molecule has 2 fully saturated rings. The molecular weight excluding hydrogens is 427 g/mol. The molecule has 2 saturated heterocycles. The maximum atomic E-state index is 13.3. The van der Waals surface area contributed by atoms with Crippen molar-refractivity contribution in [2.75, 3.05) is 36.8 Å². The average Bonchev–Trinajstić information content (AvgIpc) is 3.47. The highest BCUT2D eigenvalue weighted by molar-refractivity contribution is 7.99. The molecule has 1 N–H and O–H groups in total. The Kier molecular flexibility index (Phi) is 6.01. The molecule has 4 heterocycles. The summed E-state index contributed by atoms with van der Waals surface area (Å²) in [5.74, 6) is 2.25. The van der Waals surface area contributed by atoms with Crippen LogP contribution in [0.25, 0.3) is 11.4 Å². The van der Waals surface area contributed by atoms with Crippen LogP contribution in [0.3, 0.4) is 0 Å². The highest BCUT2D eigenvalue weighted by Crippen LogP contribution is 2.35. The number of fused-ring (bicyclic) bond motifs is 1. The second-order valence-corrected chi connectivity index (χ2v) is 9.62. The van der Waals surface area contributed by atoms with Crippen LogP contribution in [-0.4, -0.2) is 62.6 Å². The number of pyridine rings is 1. The largest absolute Gasteiger partial charge is 0.367 e. The van der Waals surface area contributed by atoms with Crippen LogP contribution >= 0.6 is 11.8 Å². The fraction of sp³-hybridized carbons (Fsp3) is 0.435. The van der Waals surface area contributed by atoms with Gasteiger partial charge in [-0.05, 0) is 55.6 Å². The summed E-state index contributed by atoms with van der Waals surface area (Å²) in [6, 6.07) is 10.7. The van der Waals surface area contributed by atoms with Crippen molar-refractivity contribution in [3.63, 3.8) is 0 Å². The number of nitrogens with zero attached hydrogens (tertiary/aromatic N) is 5. The Morgan fingerprint density at radius 1 is 1.16 bits per heavy atom. The Balaban J connectivity index is 1.11. The Labute approximate surface area is 190 Å². The van der Waals surface area contributed by atoms with E-state index >= 15 is 0 Å². The highest BCUT2D eigenvalue weighted by atomic mass is 32.2. The molecule has 0 saturated carbocycles. The molecule has 0 amide bonds. The quantitative estimate of drug-likeness (QED) is 0.437. The molecule has 168 valence electrons. The maximum Gasteiger partial charge on any atom is 0.247 e. The number of likely N-dealkylation sites (tertiary alicyclic amines) is 1. The average molecular weight is 455 g/mol. The first-order valence-corrected chi connectivity index (χ1v) is 12.0. The van der Waals surface area contributed by atoms with Crippen molar-refractivity contribution in [1.29, 1.82) is 0 Å². The number of hydrogen-bond acceptors (Lipinski definition) is 6. The van der Waals surface area contributed by atoms with Crippen molar-refractivity contribution in [2.45, 2.75) is 24.0 Å². The summed E-state index contributed by atoms with van der Waals surface area (Å²) in [7, 11) is 1.95. The second kappa shape index (κ2) is 9.07. The third kappa shape index (κ3) is 4.31. The lowest BCUT2D eigenvalue weighted by molar-refractivity contribution is 0.319. The number of rotatable bonds is 7. The number of hydrogen-bond donors (Lipinski definition) is 1. The molecule has 2 atom stereocenters. The molecule has 3 aromatic rings. The summed E-state index contributed by atoms with van der Waals surface area (Å²) in [4.78, 5) is 19.0. The van der Waals surface area contributed by atoms with Gasteiger partial charge in [-0.15, -0.1) is 10.2 Å². The third-order valence-electron chi connectivity index (χ3n) is 6.51. The number of benzene rings is 1. The van der Waals surface area contributed by atoms with Gasteiger partial charge in [0.05, 0.1) is 0 Å². The van der Waals surface area contributed by atoms with Gasteiger partial charge in [0.15, 0.2) is 11.0 Å². The van der Waals surface area contributed by atoms with E-state index in [0.717, 1.165) is 60.6 Å². The van der Waals surface area contributed by atoms with Crippen LogP contribution in [0.1, 0.15) is 12.8 Å². The number of anilines is 1. The minimum absolute atomic E-state index is 0.127. The van der Waals surface area contributed by atoms with Crippen molar-refractivity contribution in [3.05, 3.63) is 58.8 Å². The van der Waals surface area contributed by atoms with Gasteiger partial charge in [0.25, 0.3) is 0 Å². The number of H-pyrrole nitrogens is 1. The van der Waals surface area contributed by atoms with Gasteiger partial charge in [0.1, 0.15) is 5.82 Å². The van der Waals surface area contributed by atoms with E-state index in [4.69, 9.17) is 0 Å². The minimum Gasteiger partial charge on any atom is -0.367 e. The van der Waals surface area contributed by atoms with Crippen LogP contribution in [0.4, 0.5) is 10.1 Å². The van der Waals surface area contributed by atoms with E-state index in [0.29, 0.717) is 12.0 Å². The lowest BCUT2D eigenvalue weighted by atomic mass is 10.1. The molecule has 32 heavy (non-hydrogen) atoms. The highest BCUT2D eigenvalue weighted by Gasteiger charge is 2.40. The standard InChI is InChI=1S/C23H27FN6OS/c1-28-22(16-3-8-21(31)25-13-16)26-27-23(28)32-12-2-10-29-14-17-9-11-30(20(17)15-29)19-6-4-18(24)5-7-19/h3-8,13,17,20H,2,9-12,14-15H2,1H3,(H,25,31). The van der Waals surface area contributed by atoms with Crippen LogP contribution in [0.15, 0.2) is 52.5 Å². The number of thioether (sulfide) groups is 1. The van der Waals surface area contributed by atoms with Crippen LogP contribution in [-0.2, 0) is 7.05 Å². The lowest BCUT2D eigenvalue weighted by Gasteiger charge is -2.27. The van der Waals surface area contributed by atoms with Gasteiger partial charge < -0.3 is 19.4 Å². The molecule has 7 nitrogen and oxygen atoms in total. The Bertz CT molecular complexity index is 1110. The number of aromatic nitrogens is 4. The van der Waals surface area contributed by atoms with Crippen molar-refractivity contribution in [1.82, 2.24) is 24.6 Å². The van der Waals surface area contributed by atoms with Crippen molar-refractivity contribution >= 4 is 17.4 Å². The molecule has 0 spiro atoms. The zero-order valence-corrected chi connectivity index (χ0v) is 18.9. The molecule has 2 aliphatic heterocycles. The molecule has 2 aliphatic rings. The minimum atomic E-state index is -0.177. The molecule has 0 bridgehead atoms. The monoisotopic (exact) mass is 454 g/mol. The summed E-state index contributed by atoms with van der Waals surface area (Å²) >= 11 is 1.71. The first-order chi connectivity index (χ1) is 15.6. The summed E-state index contributed by atoms with van der Waals surface area (Å²) in [5.41, 5.74) is 1.86. The van der Waals surface area contributed by atoms with Gasteiger partial charge in [0, 0.05) is 62.0 Å². The molecule has 5 rings (SSSR count). The van der Waals surface area contributed by atoms with Crippen molar-refractivity contribution in [3.8, 4) is 11.4 Å². The van der Waals surface area contributed by atoms with Gasteiger partial charge >= 0.3 is 0 Å². The summed E-state index contributed by atoms with van der Waals surface area (Å²) in [6.45, 7) is 4.36. The summed E-state index contributed by atoms with van der Waals surface area (Å²) in [6.07, 6.45) is 3.96. The van der Waals surface area contributed by atoms with Crippen LogP contribution in [0.5, 0.6) is 0 Å². The zero-order valence-electron chi connectivity index (χ0n) is 18.1. The summed E-state index contributed by atoms with van der Waals surface area (Å²) < 4.78 is 15.2. The molecule has 2 aromatic heterocycles.